The highest BCUT2D eigenvalue weighted by molar-refractivity contribution is 5.81. The molecule has 4 nitrogen and oxygen atoms in total. The Morgan fingerprint density at radius 1 is 0.955 bits per heavy atom. The molecule has 0 radical (unpaired) electrons. The van der Waals surface area contributed by atoms with Gasteiger partial charge in [-0.3, -0.25) is 4.40 Å². The fourth-order valence-corrected chi connectivity index (χ4v) is 2.94. The van der Waals surface area contributed by atoms with Gasteiger partial charge in [0.1, 0.15) is 0 Å². The van der Waals surface area contributed by atoms with Gasteiger partial charge in [0.25, 0.3) is 0 Å². The number of aliphatic hydroxyl groups is 1. The van der Waals surface area contributed by atoms with E-state index in [1.165, 1.54) is 0 Å². The molecule has 2 aromatic carbocycles. The molecule has 0 atom stereocenters. The number of fused-ring (bicyclic) bond motifs is 3. The molecule has 22 heavy (non-hydrogen) atoms. The normalized spacial score (nSPS) is 11.5. The molecule has 0 saturated carbocycles. The minimum absolute atomic E-state index is 0.179. The van der Waals surface area contributed by atoms with Crippen molar-refractivity contribution in [1.82, 2.24) is 14.0 Å². The van der Waals surface area contributed by atoms with Crippen molar-refractivity contribution >= 4 is 16.8 Å². The lowest BCUT2D eigenvalue weighted by Crippen LogP contribution is -2.02. The van der Waals surface area contributed by atoms with E-state index in [-0.39, 0.29) is 6.61 Å². The Bertz CT molecular complexity index is 921. The molecule has 0 aliphatic carbocycles. The van der Waals surface area contributed by atoms with Crippen molar-refractivity contribution in [2.24, 2.45) is 0 Å². The number of benzene rings is 2. The average molecular weight is 291 g/mol. The SMILES string of the molecule is OCCCn1c(-c2ccccc2)cn2c3ccccc3nc12. The topological polar surface area (TPSA) is 42.5 Å². The van der Waals surface area contributed by atoms with Crippen LogP contribution in [-0.2, 0) is 6.54 Å². The fraction of sp³-hybridized carbons (Fsp3) is 0.167. The summed E-state index contributed by atoms with van der Waals surface area (Å²) < 4.78 is 4.32. The van der Waals surface area contributed by atoms with Crippen LogP contribution in [0.1, 0.15) is 6.42 Å². The molecule has 2 aromatic heterocycles. The highest BCUT2D eigenvalue weighted by Crippen LogP contribution is 2.26. The van der Waals surface area contributed by atoms with Gasteiger partial charge < -0.3 is 9.67 Å². The van der Waals surface area contributed by atoms with Crippen molar-refractivity contribution in [2.75, 3.05) is 6.61 Å². The van der Waals surface area contributed by atoms with Crippen molar-refractivity contribution in [2.45, 2.75) is 13.0 Å². The van der Waals surface area contributed by atoms with E-state index in [1.807, 2.05) is 36.4 Å². The first kappa shape index (κ1) is 13.1. The van der Waals surface area contributed by atoms with Crippen LogP contribution in [0.4, 0.5) is 0 Å². The third-order valence-corrected chi connectivity index (χ3v) is 3.97. The maximum Gasteiger partial charge on any atom is 0.215 e. The molecular formula is C18H17N3O. The smallest absolute Gasteiger partial charge is 0.215 e. The van der Waals surface area contributed by atoms with Gasteiger partial charge in [-0.1, -0.05) is 42.5 Å². The largest absolute Gasteiger partial charge is 0.396 e. The van der Waals surface area contributed by atoms with Gasteiger partial charge in [-0.25, -0.2) is 4.98 Å². The van der Waals surface area contributed by atoms with E-state index < -0.39 is 0 Å². The first-order valence-electron chi connectivity index (χ1n) is 7.51. The highest BCUT2D eigenvalue weighted by atomic mass is 16.3. The quantitative estimate of drug-likeness (QED) is 0.626. The predicted molar refractivity (Wildman–Crippen MR) is 87.8 cm³/mol. The van der Waals surface area contributed by atoms with Crippen LogP contribution in [0.3, 0.4) is 0 Å². The minimum Gasteiger partial charge on any atom is -0.396 e. The van der Waals surface area contributed by atoms with Crippen LogP contribution in [0.2, 0.25) is 0 Å². The molecule has 4 aromatic rings. The van der Waals surface area contributed by atoms with Crippen LogP contribution >= 0.6 is 0 Å². The summed E-state index contributed by atoms with van der Waals surface area (Å²) in [7, 11) is 0. The van der Waals surface area contributed by atoms with E-state index in [2.05, 4.69) is 33.4 Å². The lowest BCUT2D eigenvalue weighted by atomic mass is 10.1. The minimum atomic E-state index is 0.179. The zero-order valence-corrected chi connectivity index (χ0v) is 12.2. The molecule has 0 bridgehead atoms. The third kappa shape index (κ3) is 2.00. The number of aryl methyl sites for hydroxylation is 1. The first-order chi connectivity index (χ1) is 10.9. The molecular weight excluding hydrogens is 274 g/mol. The van der Waals surface area contributed by atoms with Crippen molar-refractivity contribution < 1.29 is 5.11 Å². The number of hydrogen-bond donors (Lipinski definition) is 1. The molecule has 0 spiro atoms. The van der Waals surface area contributed by atoms with Gasteiger partial charge in [-0.05, 0) is 24.1 Å². The van der Waals surface area contributed by atoms with Crippen molar-refractivity contribution in [1.29, 1.82) is 0 Å². The summed E-state index contributed by atoms with van der Waals surface area (Å²) in [5.41, 5.74) is 4.39. The Kier molecular flexibility index (Phi) is 3.16. The molecule has 0 unspecified atom stereocenters. The number of rotatable bonds is 4. The number of nitrogens with zero attached hydrogens (tertiary/aromatic N) is 3. The second-order valence-electron chi connectivity index (χ2n) is 5.38. The number of hydrogen-bond acceptors (Lipinski definition) is 2. The van der Waals surface area contributed by atoms with E-state index in [0.717, 1.165) is 34.6 Å². The molecule has 0 amide bonds. The van der Waals surface area contributed by atoms with Crippen LogP contribution in [0, 0.1) is 0 Å². The van der Waals surface area contributed by atoms with Crippen molar-refractivity contribution in [3.05, 3.63) is 60.8 Å². The number of aromatic nitrogens is 3. The second-order valence-corrected chi connectivity index (χ2v) is 5.38. The third-order valence-electron chi connectivity index (χ3n) is 3.97. The predicted octanol–water partition coefficient (Wildman–Crippen LogP) is 3.34. The van der Waals surface area contributed by atoms with Gasteiger partial charge in [0.15, 0.2) is 0 Å². The summed E-state index contributed by atoms with van der Waals surface area (Å²) in [6.45, 7) is 0.930. The van der Waals surface area contributed by atoms with Gasteiger partial charge in [-0.2, -0.15) is 0 Å². The molecule has 110 valence electrons. The lowest BCUT2D eigenvalue weighted by Gasteiger charge is -2.07. The number of para-hydroxylation sites is 2. The van der Waals surface area contributed by atoms with Crippen molar-refractivity contribution in [3.63, 3.8) is 0 Å². The summed E-state index contributed by atoms with van der Waals surface area (Å²) in [6, 6.07) is 18.5. The summed E-state index contributed by atoms with van der Waals surface area (Å²) in [6.07, 6.45) is 2.85. The number of imidazole rings is 2. The van der Waals surface area contributed by atoms with E-state index in [4.69, 9.17) is 4.98 Å². The highest BCUT2D eigenvalue weighted by Gasteiger charge is 2.14. The number of aliphatic hydroxyl groups excluding tert-OH is 1. The second kappa shape index (κ2) is 5.31. The maximum absolute atomic E-state index is 9.20. The molecule has 4 heteroatoms. The summed E-state index contributed by atoms with van der Waals surface area (Å²) in [5, 5.41) is 9.20. The zero-order chi connectivity index (χ0) is 14.9. The Hall–Kier alpha value is -2.59. The fourth-order valence-electron chi connectivity index (χ4n) is 2.94. The Morgan fingerprint density at radius 3 is 2.55 bits per heavy atom. The van der Waals surface area contributed by atoms with Gasteiger partial charge >= 0.3 is 0 Å². The standard InChI is InChI=1S/C18H17N3O/c22-12-6-11-20-17(14-7-2-1-3-8-14)13-21-16-10-5-4-9-15(16)19-18(20)21/h1-5,7-10,13,22H,6,11-12H2. The molecule has 2 heterocycles. The van der Waals surface area contributed by atoms with Gasteiger partial charge in [-0.15, -0.1) is 0 Å². The van der Waals surface area contributed by atoms with Gasteiger partial charge in [0.2, 0.25) is 5.78 Å². The van der Waals surface area contributed by atoms with E-state index in [0.29, 0.717) is 6.42 Å². The molecule has 0 aliphatic heterocycles. The molecule has 0 fully saturated rings. The van der Waals surface area contributed by atoms with Crippen molar-refractivity contribution in [3.8, 4) is 11.3 Å². The Morgan fingerprint density at radius 2 is 1.73 bits per heavy atom. The lowest BCUT2D eigenvalue weighted by molar-refractivity contribution is 0.280. The molecule has 1 N–H and O–H groups in total. The maximum atomic E-state index is 9.20. The van der Waals surface area contributed by atoms with Gasteiger partial charge in [0, 0.05) is 19.3 Å². The van der Waals surface area contributed by atoms with Gasteiger partial charge in [0.05, 0.1) is 16.7 Å². The van der Waals surface area contributed by atoms with E-state index in [9.17, 15) is 5.11 Å². The monoisotopic (exact) mass is 291 g/mol. The van der Waals surface area contributed by atoms with Crippen LogP contribution in [0.5, 0.6) is 0 Å². The summed E-state index contributed by atoms with van der Waals surface area (Å²) >= 11 is 0. The Labute approximate surface area is 128 Å². The average Bonchev–Trinajstić information content (AvgIpc) is 3.10. The van der Waals surface area contributed by atoms with E-state index >= 15 is 0 Å². The molecule has 4 rings (SSSR count). The first-order valence-corrected chi connectivity index (χ1v) is 7.51. The summed E-state index contributed by atoms with van der Waals surface area (Å²) in [5.74, 6) is 0.925. The van der Waals surface area contributed by atoms with Crippen LogP contribution in [0.25, 0.3) is 28.1 Å². The van der Waals surface area contributed by atoms with E-state index in [1.54, 1.807) is 0 Å². The zero-order valence-electron chi connectivity index (χ0n) is 12.2. The molecule has 0 saturated heterocycles. The summed E-state index contributed by atoms with van der Waals surface area (Å²) in [4.78, 5) is 4.76. The van der Waals surface area contributed by atoms with Crippen LogP contribution < -0.4 is 0 Å². The molecule has 0 aliphatic rings. The van der Waals surface area contributed by atoms with Crippen LogP contribution in [-0.4, -0.2) is 25.7 Å². The Balaban J connectivity index is 1.99. The van der Waals surface area contributed by atoms with Crippen LogP contribution in [0.15, 0.2) is 60.8 Å².